The molecule has 1 aliphatic rings. The standard InChI is InChI=1S/C8H6N2O3/c11-7-5-4(3-10-7)1-2-9-6(5)8(12)13/h1-2H,3H2,(H,10,11)(H,12,13). The van der Waals surface area contributed by atoms with Crippen LogP contribution in [0.25, 0.3) is 0 Å². The number of carbonyl (C=O) groups excluding carboxylic acids is 1. The number of rotatable bonds is 1. The second kappa shape index (κ2) is 2.55. The molecule has 0 unspecified atom stereocenters. The van der Waals surface area contributed by atoms with Crippen LogP contribution in [0.2, 0.25) is 0 Å². The molecule has 2 rings (SSSR count). The second-order valence-corrected chi connectivity index (χ2v) is 2.68. The molecule has 13 heavy (non-hydrogen) atoms. The molecular weight excluding hydrogens is 172 g/mol. The largest absolute Gasteiger partial charge is 0.476 e. The topological polar surface area (TPSA) is 79.3 Å². The molecule has 0 bridgehead atoms. The molecule has 1 aliphatic heterocycles. The predicted octanol–water partition coefficient (Wildman–Crippen LogP) is 0.0232. The number of carbonyl (C=O) groups is 2. The highest BCUT2D eigenvalue weighted by molar-refractivity contribution is 6.06. The molecule has 0 saturated carbocycles. The van der Waals surface area contributed by atoms with Crippen molar-refractivity contribution in [3.05, 3.63) is 29.1 Å². The quantitative estimate of drug-likeness (QED) is 0.635. The van der Waals surface area contributed by atoms with E-state index in [4.69, 9.17) is 5.11 Å². The number of nitrogens with zero attached hydrogens (tertiary/aromatic N) is 1. The van der Waals surface area contributed by atoms with E-state index in [1.54, 1.807) is 6.07 Å². The second-order valence-electron chi connectivity index (χ2n) is 2.68. The number of nitrogens with one attached hydrogen (secondary N) is 1. The lowest BCUT2D eigenvalue weighted by atomic mass is 10.1. The smallest absolute Gasteiger partial charge is 0.355 e. The number of hydrogen-bond acceptors (Lipinski definition) is 3. The Hall–Kier alpha value is -1.91. The third kappa shape index (κ3) is 1.05. The molecule has 0 aromatic carbocycles. The van der Waals surface area contributed by atoms with Gasteiger partial charge in [-0.3, -0.25) is 4.79 Å². The minimum absolute atomic E-state index is 0.174. The molecule has 1 aromatic rings. The van der Waals surface area contributed by atoms with Crippen molar-refractivity contribution >= 4 is 11.9 Å². The van der Waals surface area contributed by atoms with Gasteiger partial charge in [-0.05, 0) is 11.6 Å². The fourth-order valence-corrected chi connectivity index (χ4v) is 1.33. The summed E-state index contributed by atoms with van der Waals surface area (Å²) in [5.74, 6) is -1.53. The average Bonchev–Trinajstić information content (AvgIpc) is 2.48. The fourth-order valence-electron chi connectivity index (χ4n) is 1.33. The summed E-state index contributed by atoms with van der Waals surface area (Å²) >= 11 is 0. The first-order valence-electron chi connectivity index (χ1n) is 3.69. The molecule has 2 heterocycles. The highest BCUT2D eigenvalue weighted by Crippen LogP contribution is 2.17. The van der Waals surface area contributed by atoms with Gasteiger partial charge in [0.15, 0.2) is 5.69 Å². The minimum atomic E-state index is -1.17. The van der Waals surface area contributed by atoms with Crippen molar-refractivity contribution in [2.75, 3.05) is 0 Å². The molecule has 5 nitrogen and oxygen atoms in total. The zero-order valence-electron chi connectivity index (χ0n) is 6.57. The van der Waals surface area contributed by atoms with Crippen LogP contribution < -0.4 is 5.32 Å². The van der Waals surface area contributed by atoms with Crippen LogP contribution in [-0.2, 0) is 6.54 Å². The Labute approximate surface area is 73.4 Å². The van der Waals surface area contributed by atoms with Gasteiger partial charge in [0, 0.05) is 12.7 Å². The Bertz CT molecular complexity index is 400. The Balaban J connectivity index is 2.66. The van der Waals surface area contributed by atoms with Crippen LogP contribution in [0.4, 0.5) is 0 Å². The van der Waals surface area contributed by atoms with Gasteiger partial charge >= 0.3 is 5.97 Å². The van der Waals surface area contributed by atoms with Gasteiger partial charge in [0.05, 0.1) is 5.56 Å². The number of aromatic nitrogens is 1. The first kappa shape index (κ1) is 7.72. The Morgan fingerprint density at radius 2 is 2.38 bits per heavy atom. The summed E-state index contributed by atoms with van der Waals surface area (Å²) in [5, 5.41) is 11.3. The lowest BCUT2D eigenvalue weighted by molar-refractivity contribution is 0.0685. The Kier molecular flexibility index (Phi) is 1.51. The molecule has 5 heteroatoms. The van der Waals surface area contributed by atoms with Crippen LogP contribution in [0.5, 0.6) is 0 Å². The van der Waals surface area contributed by atoms with Crippen LogP contribution in [-0.4, -0.2) is 22.0 Å². The maximum Gasteiger partial charge on any atom is 0.355 e. The zero-order chi connectivity index (χ0) is 9.42. The maximum atomic E-state index is 11.2. The van der Waals surface area contributed by atoms with Gasteiger partial charge in [0.2, 0.25) is 0 Å². The number of fused-ring (bicyclic) bond motifs is 1. The van der Waals surface area contributed by atoms with E-state index in [0.29, 0.717) is 12.1 Å². The summed E-state index contributed by atoms with van der Waals surface area (Å²) in [6.45, 7) is 0.386. The molecule has 0 fully saturated rings. The normalized spacial score (nSPS) is 13.7. The van der Waals surface area contributed by atoms with Crippen molar-refractivity contribution in [2.24, 2.45) is 0 Å². The summed E-state index contributed by atoms with van der Waals surface area (Å²) in [5.41, 5.74) is 0.708. The first-order valence-corrected chi connectivity index (χ1v) is 3.69. The summed E-state index contributed by atoms with van der Waals surface area (Å²) in [7, 11) is 0. The lowest BCUT2D eigenvalue weighted by Gasteiger charge is -1.98. The molecule has 0 saturated heterocycles. The van der Waals surface area contributed by atoms with E-state index in [2.05, 4.69) is 10.3 Å². The van der Waals surface area contributed by atoms with Crippen LogP contribution in [0.3, 0.4) is 0 Å². The van der Waals surface area contributed by atoms with Gasteiger partial charge in [0.25, 0.3) is 5.91 Å². The van der Waals surface area contributed by atoms with Crippen molar-refractivity contribution in [2.45, 2.75) is 6.54 Å². The number of hydrogen-bond donors (Lipinski definition) is 2. The summed E-state index contributed by atoms with van der Waals surface area (Å²) in [4.78, 5) is 25.5. The molecule has 66 valence electrons. The van der Waals surface area contributed by atoms with E-state index in [-0.39, 0.29) is 17.2 Å². The van der Waals surface area contributed by atoms with E-state index in [1.807, 2.05) is 0 Å². The number of aromatic carboxylic acids is 1. The van der Waals surface area contributed by atoms with E-state index in [9.17, 15) is 9.59 Å². The van der Waals surface area contributed by atoms with Gasteiger partial charge in [-0.2, -0.15) is 0 Å². The molecular formula is C8H6N2O3. The third-order valence-electron chi connectivity index (χ3n) is 1.91. The third-order valence-corrected chi connectivity index (χ3v) is 1.91. The van der Waals surface area contributed by atoms with Crippen molar-refractivity contribution in [1.29, 1.82) is 0 Å². The SMILES string of the molecule is O=C(O)c1nccc2c1C(=O)NC2. The van der Waals surface area contributed by atoms with E-state index < -0.39 is 5.97 Å². The molecule has 1 aromatic heterocycles. The van der Waals surface area contributed by atoms with Crippen LogP contribution in [0.1, 0.15) is 26.4 Å². The number of amides is 1. The minimum Gasteiger partial charge on any atom is -0.476 e. The van der Waals surface area contributed by atoms with Crippen molar-refractivity contribution in [1.82, 2.24) is 10.3 Å². The zero-order valence-corrected chi connectivity index (χ0v) is 6.57. The van der Waals surface area contributed by atoms with Gasteiger partial charge in [-0.15, -0.1) is 0 Å². The van der Waals surface area contributed by atoms with E-state index in [0.717, 1.165) is 0 Å². The molecule has 1 amide bonds. The Morgan fingerprint density at radius 1 is 1.62 bits per heavy atom. The summed E-state index contributed by atoms with van der Waals surface area (Å²) < 4.78 is 0. The highest BCUT2D eigenvalue weighted by Gasteiger charge is 2.26. The fraction of sp³-hybridized carbons (Fsp3) is 0.125. The van der Waals surface area contributed by atoms with Crippen molar-refractivity contribution in [3.8, 4) is 0 Å². The van der Waals surface area contributed by atoms with Crippen LogP contribution in [0.15, 0.2) is 12.3 Å². The monoisotopic (exact) mass is 178 g/mol. The number of carboxylic acid groups (broad SMARTS) is 1. The maximum absolute atomic E-state index is 11.2. The van der Waals surface area contributed by atoms with Crippen molar-refractivity contribution < 1.29 is 14.7 Å². The first-order chi connectivity index (χ1) is 6.20. The van der Waals surface area contributed by atoms with Crippen LogP contribution in [0, 0.1) is 0 Å². The number of pyridine rings is 1. The molecule has 0 spiro atoms. The van der Waals surface area contributed by atoms with E-state index in [1.165, 1.54) is 6.20 Å². The molecule has 2 N–H and O–H groups in total. The van der Waals surface area contributed by atoms with Gasteiger partial charge in [0.1, 0.15) is 0 Å². The van der Waals surface area contributed by atoms with Gasteiger partial charge < -0.3 is 10.4 Å². The molecule has 0 radical (unpaired) electrons. The van der Waals surface area contributed by atoms with Gasteiger partial charge in [-0.25, -0.2) is 9.78 Å². The summed E-state index contributed by atoms with van der Waals surface area (Å²) in [6, 6.07) is 1.64. The Morgan fingerprint density at radius 3 is 3.08 bits per heavy atom. The van der Waals surface area contributed by atoms with Crippen LogP contribution >= 0.6 is 0 Å². The molecule has 0 aliphatic carbocycles. The van der Waals surface area contributed by atoms with Gasteiger partial charge in [-0.1, -0.05) is 0 Å². The highest BCUT2D eigenvalue weighted by atomic mass is 16.4. The lowest BCUT2D eigenvalue weighted by Crippen LogP contribution is -2.16. The van der Waals surface area contributed by atoms with E-state index >= 15 is 0 Å². The predicted molar refractivity (Wildman–Crippen MR) is 42.4 cm³/mol. The van der Waals surface area contributed by atoms with Crippen molar-refractivity contribution in [3.63, 3.8) is 0 Å². The number of carboxylic acids is 1. The average molecular weight is 178 g/mol. The summed E-state index contributed by atoms with van der Waals surface area (Å²) in [6.07, 6.45) is 1.39. The molecule has 0 atom stereocenters.